The largest absolute Gasteiger partial charge is 0.466 e. The van der Waals surface area contributed by atoms with Crippen LogP contribution < -0.4 is 5.32 Å². The molecule has 1 aliphatic rings. The van der Waals surface area contributed by atoms with Gasteiger partial charge in [0.05, 0.1) is 24.5 Å². The second-order valence-electron chi connectivity index (χ2n) is 5.17. The second-order valence-corrected chi connectivity index (χ2v) is 5.17. The van der Waals surface area contributed by atoms with Gasteiger partial charge >= 0.3 is 5.97 Å². The molecule has 0 bridgehead atoms. The van der Waals surface area contributed by atoms with Gasteiger partial charge in [0.1, 0.15) is 0 Å². The summed E-state index contributed by atoms with van der Waals surface area (Å²) in [5, 5.41) is 11.8. The Hall–Kier alpha value is -1.43. The van der Waals surface area contributed by atoms with Gasteiger partial charge in [0.15, 0.2) is 0 Å². The number of esters is 1. The first-order valence-electron chi connectivity index (χ1n) is 7.58. The van der Waals surface area contributed by atoms with Crippen LogP contribution in [-0.2, 0) is 16.1 Å². The maximum Gasteiger partial charge on any atom is 0.305 e. The summed E-state index contributed by atoms with van der Waals surface area (Å²) in [7, 11) is 0. The lowest BCUT2D eigenvalue weighted by atomic mass is 10.2. The maximum atomic E-state index is 11.2. The smallest absolute Gasteiger partial charge is 0.305 e. The molecule has 0 aliphatic carbocycles. The monoisotopic (exact) mass is 280 g/mol. The minimum Gasteiger partial charge on any atom is -0.466 e. The van der Waals surface area contributed by atoms with Crippen molar-refractivity contribution in [2.24, 2.45) is 0 Å². The number of nitrogens with one attached hydrogen (secondary N) is 1. The Labute approximate surface area is 119 Å². The van der Waals surface area contributed by atoms with Crippen molar-refractivity contribution in [2.75, 3.05) is 13.2 Å². The summed E-state index contributed by atoms with van der Waals surface area (Å²) >= 11 is 0. The lowest BCUT2D eigenvalue weighted by molar-refractivity contribution is -0.143. The van der Waals surface area contributed by atoms with Gasteiger partial charge in [-0.15, -0.1) is 5.10 Å². The Morgan fingerprint density at radius 2 is 2.40 bits per heavy atom. The van der Waals surface area contributed by atoms with Gasteiger partial charge in [0.2, 0.25) is 0 Å². The van der Waals surface area contributed by atoms with Crippen LogP contribution in [-0.4, -0.2) is 34.1 Å². The van der Waals surface area contributed by atoms with E-state index in [0.717, 1.165) is 44.5 Å². The van der Waals surface area contributed by atoms with Crippen LogP contribution >= 0.6 is 0 Å². The van der Waals surface area contributed by atoms with Crippen molar-refractivity contribution in [3.05, 3.63) is 11.9 Å². The molecular weight excluding hydrogens is 256 g/mol. The molecule has 0 aromatic carbocycles. The fourth-order valence-corrected chi connectivity index (χ4v) is 2.47. The van der Waals surface area contributed by atoms with E-state index in [4.69, 9.17) is 4.74 Å². The summed E-state index contributed by atoms with van der Waals surface area (Å²) in [5.74, 6) is -0.0946. The number of hydrogen-bond donors (Lipinski definition) is 1. The van der Waals surface area contributed by atoms with E-state index < -0.39 is 0 Å². The second kappa shape index (κ2) is 7.99. The number of unbranched alkanes of at least 4 members (excludes halogenated alkanes) is 2. The van der Waals surface area contributed by atoms with E-state index in [0.29, 0.717) is 19.1 Å². The molecule has 1 aromatic heterocycles. The SMILES string of the molecule is CCOC(=O)CCCCCn1cc(C2CCCN2)nn1. The van der Waals surface area contributed by atoms with Crippen LogP contribution in [0.15, 0.2) is 6.20 Å². The first-order chi connectivity index (χ1) is 9.79. The number of ether oxygens (including phenoxy) is 1. The van der Waals surface area contributed by atoms with Crippen molar-refractivity contribution >= 4 is 5.97 Å². The normalized spacial score (nSPS) is 18.4. The van der Waals surface area contributed by atoms with Gasteiger partial charge in [0.25, 0.3) is 0 Å². The fourth-order valence-electron chi connectivity index (χ4n) is 2.47. The van der Waals surface area contributed by atoms with E-state index in [1.807, 2.05) is 17.8 Å². The third-order valence-electron chi connectivity index (χ3n) is 3.55. The highest BCUT2D eigenvalue weighted by molar-refractivity contribution is 5.69. The Kier molecular flexibility index (Phi) is 5.98. The number of aryl methyl sites for hydroxylation is 1. The molecule has 1 unspecified atom stereocenters. The van der Waals surface area contributed by atoms with Crippen LogP contribution in [0.1, 0.15) is 57.2 Å². The molecule has 0 radical (unpaired) electrons. The van der Waals surface area contributed by atoms with Crippen molar-refractivity contribution in [1.29, 1.82) is 0 Å². The highest BCUT2D eigenvalue weighted by Crippen LogP contribution is 2.20. The van der Waals surface area contributed by atoms with E-state index in [1.54, 1.807) is 0 Å². The molecule has 20 heavy (non-hydrogen) atoms. The summed E-state index contributed by atoms with van der Waals surface area (Å²) < 4.78 is 6.80. The molecule has 6 heteroatoms. The number of rotatable bonds is 8. The van der Waals surface area contributed by atoms with Crippen LogP contribution in [0.4, 0.5) is 0 Å². The fraction of sp³-hybridized carbons (Fsp3) is 0.786. The molecule has 0 amide bonds. The first kappa shape index (κ1) is 15.0. The Morgan fingerprint density at radius 3 is 3.15 bits per heavy atom. The third-order valence-corrected chi connectivity index (χ3v) is 3.55. The Bertz CT molecular complexity index is 413. The number of carbonyl (C=O) groups excluding carboxylic acids is 1. The van der Waals surface area contributed by atoms with Crippen molar-refractivity contribution in [1.82, 2.24) is 20.3 Å². The van der Waals surface area contributed by atoms with Crippen molar-refractivity contribution < 1.29 is 9.53 Å². The van der Waals surface area contributed by atoms with Crippen LogP contribution in [0.3, 0.4) is 0 Å². The molecule has 0 spiro atoms. The molecule has 2 rings (SSSR count). The highest BCUT2D eigenvalue weighted by atomic mass is 16.5. The zero-order valence-electron chi connectivity index (χ0n) is 12.2. The van der Waals surface area contributed by atoms with Gasteiger partial charge in [-0.05, 0) is 39.2 Å². The van der Waals surface area contributed by atoms with E-state index >= 15 is 0 Å². The molecule has 1 aliphatic heterocycles. The molecule has 112 valence electrons. The molecule has 1 saturated heterocycles. The Morgan fingerprint density at radius 1 is 1.50 bits per heavy atom. The highest BCUT2D eigenvalue weighted by Gasteiger charge is 2.18. The summed E-state index contributed by atoms with van der Waals surface area (Å²) in [5.41, 5.74) is 1.05. The van der Waals surface area contributed by atoms with E-state index in [2.05, 4.69) is 15.6 Å². The van der Waals surface area contributed by atoms with Gasteiger partial charge in [-0.1, -0.05) is 11.6 Å². The van der Waals surface area contributed by atoms with Gasteiger partial charge in [-0.25, -0.2) is 0 Å². The molecule has 2 heterocycles. The summed E-state index contributed by atoms with van der Waals surface area (Å²) in [6.07, 6.45) is 7.82. The van der Waals surface area contributed by atoms with Crippen LogP contribution in [0.5, 0.6) is 0 Å². The average Bonchev–Trinajstić information content (AvgIpc) is 3.09. The van der Waals surface area contributed by atoms with Crippen LogP contribution in [0.25, 0.3) is 0 Å². The molecule has 1 fully saturated rings. The molecule has 0 saturated carbocycles. The van der Waals surface area contributed by atoms with E-state index in [9.17, 15) is 4.79 Å². The number of carbonyl (C=O) groups is 1. The molecule has 6 nitrogen and oxygen atoms in total. The zero-order valence-corrected chi connectivity index (χ0v) is 12.2. The van der Waals surface area contributed by atoms with Crippen molar-refractivity contribution in [3.8, 4) is 0 Å². The number of hydrogen-bond acceptors (Lipinski definition) is 5. The van der Waals surface area contributed by atoms with E-state index in [-0.39, 0.29) is 5.97 Å². The number of aromatic nitrogens is 3. The first-order valence-corrected chi connectivity index (χ1v) is 7.58. The van der Waals surface area contributed by atoms with Gasteiger partial charge in [-0.2, -0.15) is 0 Å². The van der Waals surface area contributed by atoms with Crippen molar-refractivity contribution in [3.63, 3.8) is 0 Å². The minimum atomic E-state index is -0.0946. The summed E-state index contributed by atoms with van der Waals surface area (Å²) in [4.78, 5) is 11.2. The third kappa shape index (κ3) is 4.59. The zero-order chi connectivity index (χ0) is 14.2. The quantitative estimate of drug-likeness (QED) is 0.581. The predicted molar refractivity (Wildman–Crippen MR) is 75.1 cm³/mol. The molecule has 1 N–H and O–H groups in total. The summed E-state index contributed by atoms with van der Waals surface area (Å²) in [6, 6.07) is 0.382. The molecule has 1 aromatic rings. The van der Waals surface area contributed by atoms with Crippen LogP contribution in [0.2, 0.25) is 0 Å². The molecular formula is C14H24N4O2. The maximum absolute atomic E-state index is 11.2. The minimum absolute atomic E-state index is 0.0946. The molecule has 1 atom stereocenters. The standard InChI is InChI=1S/C14H24N4O2/c1-2-20-14(19)8-4-3-5-10-18-11-13(16-17-18)12-7-6-9-15-12/h11-12,15H,2-10H2,1H3. The van der Waals surface area contributed by atoms with Gasteiger partial charge < -0.3 is 10.1 Å². The summed E-state index contributed by atoms with van der Waals surface area (Å²) in [6.45, 7) is 4.24. The van der Waals surface area contributed by atoms with E-state index in [1.165, 1.54) is 6.42 Å². The predicted octanol–water partition coefficient (Wildman–Crippen LogP) is 1.83. The lowest BCUT2D eigenvalue weighted by Crippen LogP contribution is -2.13. The topological polar surface area (TPSA) is 69.0 Å². The average molecular weight is 280 g/mol. The lowest BCUT2D eigenvalue weighted by Gasteiger charge is -2.04. The van der Waals surface area contributed by atoms with Crippen LogP contribution in [0, 0.1) is 0 Å². The Balaban J connectivity index is 1.61. The van der Waals surface area contributed by atoms with Crippen molar-refractivity contribution in [2.45, 2.75) is 58.0 Å². The number of nitrogens with zero attached hydrogens (tertiary/aromatic N) is 3. The van der Waals surface area contributed by atoms with Gasteiger partial charge in [0, 0.05) is 13.0 Å². The van der Waals surface area contributed by atoms with Gasteiger partial charge in [-0.3, -0.25) is 9.48 Å².